The average Bonchev–Trinajstić information content (AvgIpc) is 2.71. The van der Waals surface area contributed by atoms with E-state index in [-0.39, 0.29) is 11.8 Å². The Hall–Kier alpha value is -1.87. The minimum Gasteiger partial charge on any atom is -0.508 e. The van der Waals surface area contributed by atoms with Crippen LogP contribution in [0.3, 0.4) is 0 Å². The predicted molar refractivity (Wildman–Crippen MR) is 66.6 cm³/mol. The predicted octanol–water partition coefficient (Wildman–Crippen LogP) is 2.40. The summed E-state index contributed by atoms with van der Waals surface area (Å²) in [5, 5.41) is 9.46. The summed E-state index contributed by atoms with van der Waals surface area (Å²) in [4.78, 5) is 4.62. The molecule has 3 rings (SSSR count). The van der Waals surface area contributed by atoms with E-state index in [1.807, 2.05) is 18.2 Å². The van der Waals surface area contributed by atoms with Crippen molar-refractivity contribution in [3.05, 3.63) is 47.7 Å². The van der Waals surface area contributed by atoms with Gasteiger partial charge in [0.2, 0.25) is 0 Å². The van der Waals surface area contributed by atoms with Crippen LogP contribution in [-0.2, 0) is 6.42 Å². The number of nitrogens with zero attached hydrogens (tertiary/aromatic N) is 1. The number of aryl methyl sites for hydroxylation is 1. The van der Waals surface area contributed by atoms with Crippen LogP contribution in [0, 0.1) is 0 Å². The Morgan fingerprint density at radius 2 is 2.12 bits per heavy atom. The van der Waals surface area contributed by atoms with E-state index >= 15 is 0 Å². The van der Waals surface area contributed by atoms with Gasteiger partial charge in [-0.1, -0.05) is 18.2 Å². The quantitative estimate of drug-likeness (QED) is 0.785. The minimum atomic E-state index is 0.135. The molecule has 0 radical (unpaired) electrons. The zero-order valence-electron chi connectivity index (χ0n) is 9.43. The molecule has 3 N–H and O–H groups in total. The van der Waals surface area contributed by atoms with E-state index in [0.29, 0.717) is 0 Å². The van der Waals surface area contributed by atoms with Gasteiger partial charge < -0.3 is 10.8 Å². The molecule has 0 aliphatic heterocycles. The number of phenols is 1. The molecule has 1 atom stereocenters. The Morgan fingerprint density at radius 3 is 2.94 bits per heavy atom. The van der Waals surface area contributed by atoms with E-state index in [1.165, 1.54) is 0 Å². The van der Waals surface area contributed by atoms with Gasteiger partial charge in [-0.15, -0.1) is 0 Å². The number of rotatable bonds is 1. The first-order valence-corrected chi connectivity index (χ1v) is 5.79. The lowest BCUT2D eigenvalue weighted by molar-refractivity contribution is 0.475. The lowest BCUT2D eigenvalue weighted by Crippen LogP contribution is -2.05. The molecule has 17 heavy (non-hydrogen) atoms. The summed E-state index contributed by atoms with van der Waals surface area (Å²) in [5.41, 5.74) is 10.1. The fourth-order valence-corrected chi connectivity index (χ4v) is 2.32. The van der Waals surface area contributed by atoms with Gasteiger partial charge in [0.15, 0.2) is 0 Å². The lowest BCUT2D eigenvalue weighted by atomic mass is 10.1. The van der Waals surface area contributed by atoms with E-state index in [0.717, 1.165) is 35.4 Å². The zero-order chi connectivity index (χ0) is 11.8. The molecule has 3 heteroatoms. The third-order valence-electron chi connectivity index (χ3n) is 3.24. The molecular formula is C14H14N2O. The first-order valence-electron chi connectivity index (χ1n) is 5.79. The number of hydrogen-bond donors (Lipinski definition) is 2. The summed E-state index contributed by atoms with van der Waals surface area (Å²) in [6, 6.07) is 11.3. The minimum absolute atomic E-state index is 0.135. The number of aromatic hydroxyl groups is 1. The fourth-order valence-electron chi connectivity index (χ4n) is 2.32. The number of hydrogen-bond acceptors (Lipinski definition) is 3. The highest BCUT2D eigenvalue weighted by Gasteiger charge is 2.20. The molecule has 1 heterocycles. The highest BCUT2D eigenvalue weighted by atomic mass is 16.3. The van der Waals surface area contributed by atoms with E-state index in [9.17, 15) is 5.11 Å². The van der Waals surface area contributed by atoms with E-state index in [4.69, 9.17) is 5.73 Å². The van der Waals surface area contributed by atoms with Gasteiger partial charge in [0.05, 0.1) is 5.69 Å². The Balaban J connectivity index is 2.06. The van der Waals surface area contributed by atoms with Gasteiger partial charge in [0.1, 0.15) is 5.75 Å². The molecule has 0 amide bonds. The van der Waals surface area contributed by atoms with Crippen LogP contribution in [0.4, 0.5) is 0 Å². The molecule has 0 saturated carbocycles. The summed E-state index contributed by atoms with van der Waals surface area (Å²) in [7, 11) is 0. The molecule has 0 saturated heterocycles. The maximum absolute atomic E-state index is 9.46. The van der Waals surface area contributed by atoms with Crippen molar-refractivity contribution < 1.29 is 5.11 Å². The molecule has 0 bridgehead atoms. The molecular weight excluding hydrogens is 212 g/mol. The van der Waals surface area contributed by atoms with Crippen LogP contribution in [-0.4, -0.2) is 10.1 Å². The third kappa shape index (κ3) is 1.78. The van der Waals surface area contributed by atoms with Crippen LogP contribution < -0.4 is 5.73 Å². The number of nitrogens with two attached hydrogens (primary N) is 1. The molecule has 0 spiro atoms. The Bertz CT molecular complexity index is 566. The Labute approximate surface area is 99.9 Å². The van der Waals surface area contributed by atoms with Crippen LogP contribution >= 0.6 is 0 Å². The first kappa shape index (κ1) is 10.3. The smallest absolute Gasteiger partial charge is 0.116 e. The third-order valence-corrected chi connectivity index (χ3v) is 3.24. The molecule has 1 unspecified atom stereocenters. The normalized spacial score (nSPS) is 18.1. The average molecular weight is 226 g/mol. The monoisotopic (exact) mass is 226 g/mol. The molecule has 1 aliphatic rings. The maximum atomic E-state index is 9.46. The zero-order valence-corrected chi connectivity index (χ0v) is 9.43. The Kier molecular flexibility index (Phi) is 2.34. The van der Waals surface area contributed by atoms with Gasteiger partial charge in [-0.3, -0.25) is 4.98 Å². The summed E-state index contributed by atoms with van der Waals surface area (Å²) < 4.78 is 0. The fraction of sp³-hybridized carbons (Fsp3) is 0.214. The van der Waals surface area contributed by atoms with Crippen molar-refractivity contribution in [2.75, 3.05) is 0 Å². The second kappa shape index (κ2) is 3.86. The SMILES string of the molecule is NC1CCc2nc(-c3cccc(O)c3)ccc21. The van der Waals surface area contributed by atoms with Gasteiger partial charge in [-0.05, 0) is 36.6 Å². The summed E-state index contributed by atoms with van der Waals surface area (Å²) in [6.07, 6.45) is 1.93. The van der Waals surface area contributed by atoms with Crippen molar-refractivity contribution in [2.24, 2.45) is 5.73 Å². The summed E-state index contributed by atoms with van der Waals surface area (Å²) in [5.74, 6) is 0.265. The van der Waals surface area contributed by atoms with Crippen molar-refractivity contribution >= 4 is 0 Å². The molecule has 1 aromatic heterocycles. The van der Waals surface area contributed by atoms with Crippen molar-refractivity contribution in [3.63, 3.8) is 0 Å². The maximum Gasteiger partial charge on any atom is 0.116 e. The van der Waals surface area contributed by atoms with Gasteiger partial charge in [-0.2, -0.15) is 0 Å². The van der Waals surface area contributed by atoms with Crippen molar-refractivity contribution in [1.29, 1.82) is 0 Å². The summed E-state index contributed by atoms with van der Waals surface area (Å²) in [6.45, 7) is 0. The molecule has 1 aromatic carbocycles. The largest absolute Gasteiger partial charge is 0.508 e. The standard InChI is InChI=1S/C14H14N2O/c15-12-5-7-14-11(12)4-6-13(16-14)9-2-1-3-10(17)8-9/h1-4,6,8,12,17H,5,7,15H2. The first-order chi connectivity index (χ1) is 8.24. The molecule has 86 valence electrons. The van der Waals surface area contributed by atoms with Crippen LogP contribution in [0.2, 0.25) is 0 Å². The van der Waals surface area contributed by atoms with Crippen LogP contribution in [0.15, 0.2) is 36.4 Å². The number of fused-ring (bicyclic) bond motifs is 1. The molecule has 1 aliphatic carbocycles. The second-order valence-electron chi connectivity index (χ2n) is 4.43. The van der Waals surface area contributed by atoms with E-state index < -0.39 is 0 Å². The number of phenolic OH excluding ortho intramolecular Hbond substituents is 1. The Morgan fingerprint density at radius 1 is 1.24 bits per heavy atom. The van der Waals surface area contributed by atoms with Crippen molar-refractivity contribution in [2.45, 2.75) is 18.9 Å². The second-order valence-corrected chi connectivity index (χ2v) is 4.43. The lowest BCUT2D eigenvalue weighted by Gasteiger charge is -2.06. The van der Waals surface area contributed by atoms with E-state index in [1.54, 1.807) is 12.1 Å². The van der Waals surface area contributed by atoms with Gasteiger partial charge >= 0.3 is 0 Å². The molecule has 3 nitrogen and oxygen atoms in total. The van der Waals surface area contributed by atoms with Crippen molar-refractivity contribution in [3.8, 4) is 17.0 Å². The van der Waals surface area contributed by atoms with Gasteiger partial charge in [-0.25, -0.2) is 0 Å². The van der Waals surface area contributed by atoms with Crippen molar-refractivity contribution in [1.82, 2.24) is 4.98 Å². The van der Waals surface area contributed by atoms with Crippen LogP contribution in [0.1, 0.15) is 23.7 Å². The summed E-state index contributed by atoms with van der Waals surface area (Å²) >= 11 is 0. The number of benzene rings is 1. The number of pyridine rings is 1. The van der Waals surface area contributed by atoms with E-state index in [2.05, 4.69) is 11.1 Å². The molecule has 2 aromatic rings. The van der Waals surface area contributed by atoms with Gasteiger partial charge in [0.25, 0.3) is 0 Å². The topological polar surface area (TPSA) is 59.1 Å². The van der Waals surface area contributed by atoms with Crippen LogP contribution in [0.5, 0.6) is 5.75 Å². The number of aromatic nitrogens is 1. The highest BCUT2D eigenvalue weighted by molar-refractivity contribution is 5.61. The molecule has 0 fully saturated rings. The van der Waals surface area contributed by atoms with Gasteiger partial charge in [0, 0.05) is 17.3 Å². The van der Waals surface area contributed by atoms with Crippen LogP contribution in [0.25, 0.3) is 11.3 Å². The highest BCUT2D eigenvalue weighted by Crippen LogP contribution is 2.30.